The van der Waals surface area contributed by atoms with Crippen LogP contribution in [0.4, 0.5) is 5.69 Å². The van der Waals surface area contributed by atoms with Gasteiger partial charge in [0.25, 0.3) is 0 Å². The van der Waals surface area contributed by atoms with E-state index in [1.165, 1.54) is 5.56 Å². The molecule has 2 aromatic carbocycles. The summed E-state index contributed by atoms with van der Waals surface area (Å²) >= 11 is 6.09. The molecule has 0 radical (unpaired) electrons. The zero-order valence-electron chi connectivity index (χ0n) is 18.7. The monoisotopic (exact) mass is 479 g/mol. The zero-order valence-corrected chi connectivity index (χ0v) is 20.2. The summed E-state index contributed by atoms with van der Waals surface area (Å²) in [4.78, 5) is 15.2. The third-order valence-electron chi connectivity index (χ3n) is 5.47. The van der Waals surface area contributed by atoms with Crippen LogP contribution in [0.5, 0.6) is 0 Å². The Bertz CT molecular complexity index is 1050. The summed E-state index contributed by atoms with van der Waals surface area (Å²) in [6, 6.07) is 12.1. The van der Waals surface area contributed by atoms with Crippen molar-refractivity contribution in [3.63, 3.8) is 0 Å². The molecule has 1 N–H and O–H groups in total. The number of sulfonamides is 1. The van der Waals surface area contributed by atoms with E-state index < -0.39 is 16.1 Å². The second-order valence-electron chi connectivity index (χ2n) is 8.09. The van der Waals surface area contributed by atoms with Crippen LogP contribution in [0, 0.1) is 6.92 Å². The number of carbonyl (C=O) groups excluding carboxylic acids is 1. The third kappa shape index (κ3) is 6.45. The lowest BCUT2D eigenvalue weighted by atomic mass is 10.1. The highest BCUT2D eigenvalue weighted by Gasteiger charge is 2.30. The lowest BCUT2D eigenvalue weighted by Crippen LogP contribution is -2.48. The molecule has 1 aliphatic rings. The van der Waals surface area contributed by atoms with E-state index in [-0.39, 0.29) is 5.91 Å². The highest BCUT2D eigenvalue weighted by molar-refractivity contribution is 7.92. The van der Waals surface area contributed by atoms with Gasteiger partial charge in [0.2, 0.25) is 15.9 Å². The fourth-order valence-electron chi connectivity index (χ4n) is 3.79. The Morgan fingerprint density at radius 2 is 1.88 bits per heavy atom. The van der Waals surface area contributed by atoms with Crippen LogP contribution >= 0.6 is 11.6 Å². The summed E-state index contributed by atoms with van der Waals surface area (Å²) in [6.45, 7) is 7.81. The number of carbonyl (C=O) groups is 1. The maximum Gasteiger partial charge on any atom is 0.243 e. The number of nitrogens with one attached hydrogen (secondary N) is 1. The number of amides is 1. The number of benzene rings is 2. The Morgan fingerprint density at radius 3 is 2.56 bits per heavy atom. The van der Waals surface area contributed by atoms with E-state index in [2.05, 4.69) is 22.3 Å². The molecule has 7 nitrogen and oxygen atoms in total. The second kappa shape index (κ2) is 10.7. The molecule has 1 unspecified atom stereocenters. The average molecular weight is 480 g/mol. The Labute approximate surface area is 195 Å². The second-order valence-corrected chi connectivity index (χ2v) is 10.4. The first-order valence-electron chi connectivity index (χ1n) is 10.6. The zero-order chi connectivity index (χ0) is 23.3. The lowest BCUT2D eigenvalue weighted by molar-refractivity contribution is -0.122. The van der Waals surface area contributed by atoms with Crippen LogP contribution in [-0.4, -0.2) is 57.8 Å². The Kier molecular flexibility index (Phi) is 8.16. The fourth-order valence-corrected chi connectivity index (χ4v) is 5.18. The molecule has 1 heterocycles. The summed E-state index contributed by atoms with van der Waals surface area (Å²) in [5.41, 5.74) is 3.24. The molecule has 0 bridgehead atoms. The molecule has 0 aliphatic carbocycles. The van der Waals surface area contributed by atoms with Crippen molar-refractivity contribution in [3.8, 4) is 0 Å². The van der Waals surface area contributed by atoms with E-state index in [1.807, 2.05) is 12.1 Å². The molecule has 1 saturated heterocycles. The molecule has 1 amide bonds. The molecule has 1 atom stereocenters. The lowest BCUT2D eigenvalue weighted by Gasteiger charge is -2.29. The molecular weight excluding hydrogens is 450 g/mol. The van der Waals surface area contributed by atoms with E-state index in [0.717, 1.165) is 54.5 Å². The Hall–Kier alpha value is -2.13. The number of morpholine rings is 1. The van der Waals surface area contributed by atoms with Gasteiger partial charge < -0.3 is 10.1 Å². The SMILES string of the molecule is Cc1ccc(Cl)cc1N(C(C)C(=O)NCc1cccc(CN2CCOCC2)c1)S(C)(=O)=O. The molecule has 0 aromatic heterocycles. The molecule has 0 saturated carbocycles. The van der Waals surface area contributed by atoms with Gasteiger partial charge in [-0.15, -0.1) is 0 Å². The van der Waals surface area contributed by atoms with Crippen molar-refractivity contribution in [2.45, 2.75) is 33.0 Å². The van der Waals surface area contributed by atoms with Crippen molar-refractivity contribution < 1.29 is 17.9 Å². The van der Waals surface area contributed by atoms with Gasteiger partial charge in [-0.3, -0.25) is 14.0 Å². The van der Waals surface area contributed by atoms with Gasteiger partial charge in [-0.25, -0.2) is 8.42 Å². The van der Waals surface area contributed by atoms with Crippen molar-refractivity contribution in [1.29, 1.82) is 0 Å². The molecule has 174 valence electrons. The molecule has 0 spiro atoms. The predicted molar refractivity (Wildman–Crippen MR) is 127 cm³/mol. The van der Waals surface area contributed by atoms with Gasteiger partial charge in [-0.1, -0.05) is 41.9 Å². The van der Waals surface area contributed by atoms with E-state index in [9.17, 15) is 13.2 Å². The molecule has 9 heteroatoms. The first-order valence-corrected chi connectivity index (χ1v) is 12.8. The summed E-state index contributed by atoms with van der Waals surface area (Å²) in [6.07, 6.45) is 1.09. The van der Waals surface area contributed by atoms with Gasteiger partial charge in [0.15, 0.2) is 0 Å². The molecule has 32 heavy (non-hydrogen) atoms. The van der Waals surface area contributed by atoms with Gasteiger partial charge in [-0.2, -0.15) is 0 Å². The maximum absolute atomic E-state index is 12.9. The molecule has 2 aromatic rings. The van der Waals surface area contributed by atoms with E-state index in [1.54, 1.807) is 32.0 Å². The summed E-state index contributed by atoms with van der Waals surface area (Å²) in [7, 11) is -3.71. The highest BCUT2D eigenvalue weighted by atomic mass is 35.5. The third-order valence-corrected chi connectivity index (χ3v) is 6.93. The minimum atomic E-state index is -3.71. The number of anilines is 1. The Morgan fingerprint density at radius 1 is 1.19 bits per heavy atom. The number of ether oxygens (including phenoxy) is 1. The first kappa shape index (κ1) is 24.5. The van der Waals surface area contributed by atoms with Gasteiger partial charge in [0, 0.05) is 31.2 Å². The van der Waals surface area contributed by atoms with Crippen LogP contribution < -0.4 is 9.62 Å². The fraction of sp³-hybridized carbons (Fsp3) is 0.435. The largest absolute Gasteiger partial charge is 0.379 e. The summed E-state index contributed by atoms with van der Waals surface area (Å²) < 4.78 is 31.6. The minimum Gasteiger partial charge on any atom is -0.379 e. The summed E-state index contributed by atoms with van der Waals surface area (Å²) in [5.74, 6) is -0.381. The first-order chi connectivity index (χ1) is 15.1. The Balaban J connectivity index is 1.69. The van der Waals surface area contributed by atoms with Crippen LogP contribution in [0.25, 0.3) is 0 Å². The van der Waals surface area contributed by atoms with Gasteiger partial charge in [-0.05, 0) is 42.7 Å². The quantitative estimate of drug-likeness (QED) is 0.629. The van der Waals surface area contributed by atoms with E-state index in [4.69, 9.17) is 16.3 Å². The molecule has 3 rings (SSSR count). The summed E-state index contributed by atoms with van der Waals surface area (Å²) in [5, 5.41) is 3.28. The number of hydrogen-bond acceptors (Lipinski definition) is 5. The van der Waals surface area contributed by atoms with Crippen LogP contribution in [0.1, 0.15) is 23.6 Å². The van der Waals surface area contributed by atoms with E-state index >= 15 is 0 Å². The number of aryl methyl sites for hydroxylation is 1. The van der Waals surface area contributed by atoms with Crippen LogP contribution in [-0.2, 0) is 32.6 Å². The van der Waals surface area contributed by atoms with Crippen molar-refractivity contribution in [2.24, 2.45) is 0 Å². The van der Waals surface area contributed by atoms with Crippen molar-refractivity contribution >= 4 is 33.2 Å². The molecule has 1 aliphatic heterocycles. The van der Waals surface area contributed by atoms with Gasteiger partial charge >= 0.3 is 0 Å². The van der Waals surface area contributed by atoms with Crippen molar-refractivity contribution in [3.05, 3.63) is 64.2 Å². The molecular formula is C23H30ClN3O4S. The minimum absolute atomic E-state index is 0.312. The number of nitrogens with zero attached hydrogens (tertiary/aromatic N) is 2. The van der Waals surface area contributed by atoms with Crippen molar-refractivity contribution in [1.82, 2.24) is 10.2 Å². The van der Waals surface area contributed by atoms with Crippen molar-refractivity contribution in [2.75, 3.05) is 36.9 Å². The normalized spacial score (nSPS) is 15.9. The standard InChI is InChI=1S/C23H30ClN3O4S/c1-17-7-8-21(24)14-22(17)27(32(3,29)30)18(2)23(28)25-15-19-5-4-6-20(13-19)16-26-9-11-31-12-10-26/h4-8,13-14,18H,9-12,15-16H2,1-3H3,(H,25,28). The number of hydrogen-bond donors (Lipinski definition) is 1. The highest BCUT2D eigenvalue weighted by Crippen LogP contribution is 2.28. The maximum atomic E-state index is 12.9. The predicted octanol–water partition coefficient (Wildman–Crippen LogP) is 2.95. The van der Waals surface area contributed by atoms with Crippen LogP contribution in [0.3, 0.4) is 0 Å². The number of rotatable bonds is 8. The molecule has 1 fully saturated rings. The smallest absolute Gasteiger partial charge is 0.243 e. The topological polar surface area (TPSA) is 79.0 Å². The van der Waals surface area contributed by atoms with Crippen LogP contribution in [0.15, 0.2) is 42.5 Å². The van der Waals surface area contributed by atoms with Crippen LogP contribution in [0.2, 0.25) is 5.02 Å². The van der Waals surface area contributed by atoms with Gasteiger partial charge in [0.1, 0.15) is 6.04 Å². The van der Waals surface area contributed by atoms with Gasteiger partial charge in [0.05, 0.1) is 25.2 Å². The van der Waals surface area contributed by atoms with E-state index in [0.29, 0.717) is 17.3 Å². The average Bonchev–Trinajstić information content (AvgIpc) is 2.74. The number of halogens is 1.